The average molecular weight is 262 g/mol. The summed E-state index contributed by atoms with van der Waals surface area (Å²) in [4.78, 5) is 25.6. The highest BCUT2D eigenvalue weighted by molar-refractivity contribution is 5.97. The molecule has 104 valence electrons. The van der Waals surface area contributed by atoms with E-state index in [1.807, 2.05) is 43.9 Å². The minimum atomic E-state index is -0.0438. The van der Waals surface area contributed by atoms with Crippen LogP contribution in [0.1, 0.15) is 31.1 Å². The van der Waals surface area contributed by atoms with Crippen molar-refractivity contribution >= 4 is 11.7 Å². The third-order valence-electron chi connectivity index (χ3n) is 2.73. The number of hydrogen-bond acceptors (Lipinski definition) is 3. The van der Waals surface area contributed by atoms with E-state index in [0.717, 1.165) is 0 Å². The molecule has 0 aliphatic carbocycles. The number of rotatable bonds is 7. The van der Waals surface area contributed by atoms with Gasteiger partial charge in [-0.1, -0.05) is 37.3 Å². The molecule has 0 saturated carbocycles. The summed E-state index contributed by atoms with van der Waals surface area (Å²) in [5.41, 5.74) is 0.685. The van der Waals surface area contributed by atoms with Crippen molar-refractivity contribution in [3.8, 4) is 0 Å². The number of amides is 1. The third-order valence-corrected chi connectivity index (χ3v) is 2.73. The van der Waals surface area contributed by atoms with Crippen LogP contribution < -0.4 is 5.32 Å². The van der Waals surface area contributed by atoms with E-state index in [1.165, 1.54) is 0 Å². The summed E-state index contributed by atoms with van der Waals surface area (Å²) in [5.74, 6) is -0.00231. The van der Waals surface area contributed by atoms with Gasteiger partial charge in [0, 0.05) is 11.6 Å². The number of Topliss-reactive ketones (excluding diaryl/α,β-unsaturated/α-hetero) is 1. The van der Waals surface area contributed by atoms with Crippen molar-refractivity contribution in [1.82, 2.24) is 10.2 Å². The minimum absolute atomic E-state index is 0.0415. The monoisotopic (exact) mass is 262 g/mol. The third kappa shape index (κ3) is 5.66. The molecule has 0 bridgehead atoms. The summed E-state index contributed by atoms with van der Waals surface area (Å²) in [6, 6.07) is 9.28. The Morgan fingerprint density at radius 1 is 1.16 bits per heavy atom. The molecule has 19 heavy (non-hydrogen) atoms. The van der Waals surface area contributed by atoms with Gasteiger partial charge in [-0.05, 0) is 20.4 Å². The summed E-state index contributed by atoms with van der Waals surface area (Å²) < 4.78 is 0. The van der Waals surface area contributed by atoms with E-state index in [2.05, 4.69) is 5.32 Å². The van der Waals surface area contributed by atoms with Crippen LogP contribution in [-0.2, 0) is 4.79 Å². The highest BCUT2D eigenvalue weighted by Crippen LogP contribution is 2.02. The summed E-state index contributed by atoms with van der Waals surface area (Å²) in [5, 5.41) is 2.83. The molecule has 0 aromatic heterocycles. The molecule has 4 nitrogen and oxygen atoms in total. The number of nitrogens with one attached hydrogen (secondary N) is 1. The van der Waals surface area contributed by atoms with Gasteiger partial charge < -0.3 is 5.32 Å². The fourth-order valence-electron chi connectivity index (χ4n) is 1.77. The van der Waals surface area contributed by atoms with Crippen molar-refractivity contribution < 1.29 is 9.59 Å². The first-order chi connectivity index (χ1) is 9.02. The Bertz CT molecular complexity index is 415. The van der Waals surface area contributed by atoms with Gasteiger partial charge in [-0.3, -0.25) is 14.5 Å². The lowest BCUT2D eigenvalue weighted by Crippen LogP contribution is -2.41. The van der Waals surface area contributed by atoms with Crippen LogP contribution in [0.4, 0.5) is 0 Å². The average Bonchev–Trinajstić information content (AvgIpc) is 2.37. The SMILES string of the molecule is CCN(CC(=O)NC(C)C)CC(=O)c1ccccc1. The van der Waals surface area contributed by atoms with E-state index < -0.39 is 0 Å². The molecule has 0 radical (unpaired) electrons. The Kier molecular flexibility index (Phi) is 6.22. The molecule has 4 heteroatoms. The summed E-state index contributed by atoms with van der Waals surface area (Å²) >= 11 is 0. The highest BCUT2D eigenvalue weighted by atomic mass is 16.2. The molecular weight excluding hydrogens is 240 g/mol. The second-order valence-corrected chi connectivity index (χ2v) is 4.81. The summed E-state index contributed by atoms with van der Waals surface area (Å²) in [6.45, 7) is 6.98. The maximum absolute atomic E-state index is 12.0. The highest BCUT2D eigenvalue weighted by Gasteiger charge is 2.14. The van der Waals surface area contributed by atoms with E-state index in [1.54, 1.807) is 12.1 Å². The largest absolute Gasteiger partial charge is 0.353 e. The standard InChI is InChI=1S/C15H22N2O2/c1-4-17(11-15(19)16-12(2)3)10-14(18)13-8-6-5-7-9-13/h5-9,12H,4,10-11H2,1-3H3,(H,16,19). The molecule has 1 aromatic carbocycles. The van der Waals surface area contributed by atoms with Crippen LogP contribution in [0.15, 0.2) is 30.3 Å². The number of carbonyl (C=O) groups is 2. The number of nitrogens with zero attached hydrogens (tertiary/aromatic N) is 1. The van der Waals surface area contributed by atoms with Crippen molar-refractivity contribution in [2.24, 2.45) is 0 Å². The number of ketones is 1. The molecule has 1 N–H and O–H groups in total. The molecule has 0 unspecified atom stereocenters. The van der Waals surface area contributed by atoms with Crippen LogP contribution in [0, 0.1) is 0 Å². The topological polar surface area (TPSA) is 49.4 Å². The first kappa shape index (κ1) is 15.4. The van der Waals surface area contributed by atoms with Gasteiger partial charge in [-0.25, -0.2) is 0 Å². The van der Waals surface area contributed by atoms with Gasteiger partial charge in [0.2, 0.25) is 5.91 Å². The first-order valence-corrected chi connectivity index (χ1v) is 6.63. The number of carbonyl (C=O) groups excluding carboxylic acids is 2. The van der Waals surface area contributed by atoms with Crippen molar-refractivity contribution in [2.45, 2.75) is 26.8 Å². The lowest BCUT2D eigenvalue weighted by atomic mass is 10.1. The zero-order valence-corrected chi connectivity index (χ0v) is 11.8. The molecule has 0 atom stereocenters. The zero-order valence-electron chi connectivity index (χ0n) is 11.8. The number of benzene rings is 1. The molecule has 1 rings (SSSR count). The Morgan fingerprint density at radius 3 is 2.32 bits per heavy atom. The molecule has 0 heterocycles. The Labute approximate surface area is 114 Å². The maximum atomic E-state index is 12.0. The number of likely N-dealkylation sites (N-methyl/N-ethyl adjacent to an activating group) is 1. The van der Waals surface area contributed by atoms with E-state index in [4.69, 9.17) is 0 Å². The van der Waals surface area contributed by atoms with Gasteiger partial charge in [0.15, 0.2) is 5.78 Å². The summed E-state index contributed by atoms with van der Waals surface area (Å²) in [6.07, 6.45) is 0. The number of hydrogen-bond donors (Lipinski definition) is 1. The van der Waals surface area contributed by atoms with Crippen LogP contribution in [0.3, 0.4) is 0 Å². The van der Waals surface area contributed by atoms with Gasteiger partial charge in [0.1, 0.15) is 0 Å². The molecule has 1 amide bonds. The van der Waals surface area contributed by atoms with Gasteiger partial charge in [0.25, 0.3) is 0 Å². The van der Waals surface area contributed by atoms with Crippen molar-refractivity contribution in [3.63, 3.8) is 0 Å². The van der Waals surface area contributed by atoms with Crippen LogP contribution in [-0.4, -0.2) is 42.3 Å². The molecular formula is C15H22N2O2. The smallest absolute Gasteiger partial charge is 0.234 e. The van der Waals surface area contributed by atoms with Crippen LogP contribution in [0.5, 0.6) is 0 Å². The molecule has 0 spiro atoms. The first-order valence-electron chi connectivity index (χ1n) is 6.63. The van der Waals surface area contributed by atoms with E-state index >= 15 is 0 Å². The fourth-order valence-corrected chi connectivity index (χ4v) is 1.77. The normalized spacial score (nSPS) is 10.8. The maximum Gasteiger partial charge on any atom is 0.234 e. The van der Waals surface area contributed by atoms with Crippen LogP contribution in [0.2, 0.25) is 0 Å². The van der Waals surface area contributed by atoms with E-state index in [9.17, 15) is 9.59 Å². The summed E-state index contributed by atoms with van der Waals surface area (Å²) in [7, 11) is 0. The lowest BCUT2D eigenvalue weighted by Gasteiger charge is -2.19. The predicted molar refractivity (Wildman–Crippen MR) is 76.2 cm³/mol. The Balaban J connectivity index is 2.53. The van der Waals surface area contributed by atoms with Crippen molar-refractivity contribution in [3.05, 3.63) is 35.9 Å². The van der Waals surface area contributed by atoms with Gasteiger partial charge >= 0.3 is 0 Å². The Morgan fingerprint density at radius 2 is 1.79 bits per heavy atom. The van der Waals surface area contributed by atoms with Crippen LogP contribution in [0.25, 0.3) is 0 Å². The Hall–Kier alpha value is -1.68. The van der Waals surface area contributed by atoms with Crippen molar-refractivity contribution in [1.29, 1.82) is 0 Å². The quantitative estimate of drug-likeness (QED) is 0.761. The van der Waals surface area contributed by atoms with Crippen molar-refractivity contribution in [2.75, 3.05) is 19.6 Å². The second-order valence-electron chi connectivity index (χ2n) is 4.81. The zero-order chi connectivity index (χ0) is 14.3. The second kappa shape index (κ2) is 7.69. The van der Waals surface area contributed by atoms with Crippen LogP contribution >= 0.6 is 0 Å². The molecule has 0 aliphatic heterocycles. The van der Waals surface area contributed by atoms with Gasteiger partial charge in [-0.2, -0.15) is 0 Å². The molecule has 0 fully saturated rings. The van der Waals surface area contributed by atoms with E-state index in [-0.39, 0.29) is 30.8 Å². The molecule has 1 aromatic rings. The lowest BCUT2D eigenvalue weighted by molar-refractivity contribution is -0.122. The molecule has 0 saturated heterocycles. The van der Waals surface area contributed by atoms with Gasteiger partial charge in [0.05, 0.1) is 13.1 Å². The fraction of sp³-hybridized carbons (Fsp3) is 0.467. The predicted octanol–water partition coefficient (Wildman–Crippen LogP) is 1.72. The molecule has 0 aliphatic rings. The minimum Gasteiger partial charge on any atom is -0.353 e. The van der Waals surface area contributed by atoms with Gasteiger partial charge in [-0.15, -0.1) is 0 Å². The van der Waals surface area contributed by atoms with E-state index in [0.29, 0.717) is 12.1 Å².